The first kappa shape index (κ1) is 31.8. The smallest absolute Gasteiger partial charge is 0.140 e. The number of ether oxygens (including phenoxy) is 2. The summed E-state index contributed by atoms with van der Waals surface area (Å²) in [6, 6.07) is 70.1. The number of benzene rings is 8. The molecule has 3 nitrogen and oxygen atoms in total. The van der Waals surface area contributed by atoms with E-state index in [0.29, 0.717) is 0 Å². The van der Waals surface area contributed by atoms with Gasteiger partial charge in [-0.1, -0.05) is 176 Å². The Morgan fingerprint density at radius 2 is 1.09 bits per heavy atom. The zero-order chi connectivity index (χ0) is 36.5. The van der Waals surface area contributed by atoms with Crippen LogP contribution in [0.2, 0.25) is 0 Å². The molecule has 2 unspecified atom stereocenters. The fourth-order valence-electron chi connectivity index (χ4n) is 9.75. The van der Waals surface area contributed by atoms with Crippen molar-refractivity contribution >= 4 is 21.8 Å². The Kier molecular flexibility index (Phi) is 7.20. The van der Waals surface area contributed by atoms with Gasteiger partial charge in [0.25, 0.3) is 0 Å². The third-order valence-corrected chi connectivity index (χ3v) is 12.0. The monoisotopic (exact) mass is 707 g/mol. The minimum absolute atomic E-state index is 0.0344. The number of rotatable bonds is 6. The molecule has 8 aromatic carbocycles. The number of methoxy groups -OCH3 is 1. The van der Waals surface area contributed by atoms with Gasteiger partial charge in [-0.15, -0.1) is 0 Å². The van der Waals surface area contributed by atoms with Gasteiger partial charge in [0.1, 0.15) is 11.5 Å². The predicted molar refractivity (Wildman–Crippen MR) is 223 cm³/mol. The second-order valence-electron chi connectivity index (χ2n) is 14.7. The molecular weight excluding hydrogens is 671 g/mol. The van der Waals surface area contributed by atoms with E-state index in [4.69, 9.17) is 9.47 Å². The first-order chi connectivity index (χ1) is 27.3. The lowest BCUT2D eigenvalue weighted by molar-refractivity contribution is 0.0891. The van der Waals surface area contributed by atoms with E-state index in [1.165, 1.54) is 49.7 Å². The molecule has 3 heteroatoms. The Hall–Kier alpha value is -6.68. The van der Waals surface area contributed by atoms with E-state index in [1.54, 1.807) is 0 Å². The molecule has 1 spiro atoms. The van der Waals surface area contributed by atoms with E-state index in [-0.39, 0.29) is 12.0 Å². The molecule has 9 aromatic rings. The van der Waals surface area contributed by atoms with E-state index < -0.39 is 5.41 Å². The summed E-state index contributed by atoms with van der Waals surface area (Å²) in [7, 11) is 1.82. The quantitative estimate of drug-likeness (QED) is 0.172. The van der Waals surface area contributed by atoms with Crippen LogP contribution in [-0.4, -0.2) is 11.7 Å². The van der Waals surface area contributed by atoms with Gasteiger partial charge < -0.3 is 14.0 Å². The Morgan fingerprint density at radius 3 is 1.85 bits per heavy atom. The van der Waals surface area contributed by atoms with Crippen molar-refractivity contribution in [3.63, 3.8) is 0 Å². The van der Waals surface area contributed by atoms with E-state index >= 15 is 0 Å². The third-order valence-electron chi connectivity index (χ3n) is 12.0. The topological polar surface area (TPSA) is 23.4 Å². The van der Waals surface area contributed by atoms with Crippen molar-refractivity contribution < 1.29 is 9.47 Å². The minimum atomic E-state index is -0.611. The maximum atomic E-state index is 7.07. The molecule has 2 aliphatic heterocycles. The van der Waals surface area contributed by atoms with Crippen LogP contribution in [0.25, 0.3) is 38.6 Å². The zero-order valence-electron chi connectivity index (χ0n) is 30.4. The molecule has 0 saturated heterocycles. The molecule has 11 rings (SSSR count). The summed E-state index contributed by atoms with van der Waals surface area (Å²) in [5.41, 5.74) is 13.6. The van der Waals surface area contributed by atoms with Gasteiger partial charge in [0.2, 0.25) is 0 Å². The van der Waals surface area contributed by atoms with E-state index in [1.807, 2.05) is 7.11 Å². The number of aromatic nitrogens is 1. The van der Waals surface area contributed by atoms with Crippen molar-refractivity contribution in [2.24, 2.45) is 0 Å². The lowest BCUT2D eigenvalue weighted by Crippen LogP contribution is -2.37. The number of hydrogen-bond donors (Lipinski definition) is 0. The molecule has 0 radical (unpaired) electrons. The van der Waals surface area contributed by atoms with E-state index in [2.05, 4.69) is 199 Å². The summed E-state index contributed by atoms with van der Waals surface area (Å²) in [6.07, 6.45) is -0.180. The standard InChI is InChI=1S/C52H37NO2/c1-54-50(48(35-16-4-2-5-17-35)36-18-6-3-7-19-36)37-32-30-34(31-33-37)38-21-14-26-44-51(38)55-47-29-13-10-24-42(47)52(44)41-23-9-12-28-46(41)53-45-27-11-8-20-39(45)40-22-15-25-43(52)49(40)53/h2-33,48,50H,1H3. The highest BCUT2D eigenvalue weighted by molar-refractivity contribution is 6.12. The molecule has 2 aliphatic rings. The van der Waals surface area contributed by atoms with Crippen LogP contribution in [-0.2, 0) is 10.2 Å². The van der Waals surface area contributed by atoms with Crippen molar-refractivity contribution in [2.75, 3.05) is 7.11 Å². The van der Waals surface area contributed by atoms with E-state index in [9.17, 15) is 0 Å². The van der Waals surface area contributed by atoms with Gasteiger partial charge in [-0.25, -0.2) is 0 Å². The molecule has 1 aromatic heterocycles. The van der Waals surface area contributed by atoms with Crippen LogP contribution in [0.1, 0.15) is 51.0 Å². The van der Waals surface area contributed by atoms with Gasteiger partial charge in [0.05, 0.1) is 28.2 Å². The van der Waals surface area contributed by atoms with Gasteiger partial charge in [-0.2, -0.15) is 0 Å². The molecule has 262 valence electrons. The summed E-state index contributed by atoms with van der Waals surface area (Å²) in [5, 5.41) is 2.52. The summed E-state index contributed by atoms with van der Waals surface area (Å²) in [4.78, 5) is 0. The van der Waals surface area contributed by atoms with Gasteiger partial charge >= 0.3 is 0 Å². The van der Waals surface area contributed by atoms with Crippen LogP contribution in [0.4, 0.5) is 0 Å². The summed E-state index contributed by atoms with van der Waals surface area (Å²) in [6.45, 7) is 0. The molecule has 0 aliphatic carbocycles. The molecular formula is C52H37NO2. The van der Waals surface area contributed by atoms with Crippen molar-refractivity contribution in [1.82, 2.24) is 4.57 Å². The van der Waals surface area contributed by atoms with Crippen molar-refractivity contribution in [3.8, 4) is 28.3 Å². The SMILES string of the molecule is COC(c1ccc(-c2cccc3c2Oc2ccccc2C32c3ccccc3-n3c4ccccc4c4cccc2c43)cc1)C(c1ccccc1)c1ccccc1. The van der Waals surface area contributed by atoms with Crippen molar-refractivity contribution in [1.29, 1.82) is 0 Å². The Morgan fingerprint density at radius 1 is 0.491 bits per heavy atom. The molecule has 0 amide bonds. The van der Waals surface area contributed by atoms with Crippen LogP contribution in [0.3, 0.4) is 0 Å². The molecule has 0 bridgehead atoms. The summed E-state index contributed by atoms with van der Waals surface area (Å²) < 4.78 is 15.9. The average molecular weight is 708 g/mol. The Balaban J connectivity index is 1.11. The maximum absolute atomic E-state index is 7.07. The summed E-state index contributed by atoms with van der Waals surface area (Å²) >= 11 is 0. The molecule has 0 saturated carbocycles. The van der Waals surface area contributed by atoms with Gasteiger partial charge in [-0.3, -0.25) is 0 Å². The van der Waals surface area contributed by atoms with Gasteiger partial charge in [-0.05, 0) is 51.6 Å². The van der Waals surface area contributed by atoms with Crippen LogP contribution >= 0.6 is 0 Å². The third kappa shape index (κ3) is 4.54. The second-order valence-corrected chi connectivity index (χ2v) is 14.7. The lowest BCUT2D eigenvalue weighted by atomic mass is 9.61. The van der Waals surface area contributed by atoms with Crippen LogP contribution in [0.5, 0.6) is 11.5 Å². The largest absolute Gasteiger partial charge is 0.456 e. The number of fused-ring (bicyclic) bond motifs is 11. The van der Waals surface area contributed by atoms with Crippen molar-refractivity contribution in [3.05, 3.63) is 233 Å². The number of hydrogen-bond acceptors (Lipinski definition) is 2. The Labute approximate surface area is 320 Å². The molecule has 3 heterocycles. The van der Waals surface area contributed by atoms with E-state index in [0.717, 1.165) is 39.3 Å². The number of nitrogens with zero attached hydrogens (tertiary/aromatic N) is 1. The molecule has 0 fully saturated rings. The highest BCUT2D eigenvalue weighted by Gasteiger charge is 2.50. The van der Waals surface area contributed by atoms with Crippen LogP contribution in [0, 0.1) is 0 Å². The predicted octanol–water partition coefficient (Wildman–Crippen LogP) is 12.8. The minimum Gasteiger partial charge on any atom is -0.456 e. The van der Waals surface area contributed by atoms with Crippen LogP contribution < -0.4 is 4.74 Å². The fourth-order valence-corrected chi connectivity index (χ4v) is 9.75. The van der Waals surface area contributed by atoms with Gasteiger partial charge in [0, 0.05) is 40.5 Å². The number of para-hydroxylation sites is 5. The fraction of sp³-hybridized carbons (Fsp3) is 0.0769. The zero-order valence-corrected chi connectivity index (χ0v) is 30.4. The second kappa shape index (κ2) is 12.4. The Bertz CT molecular complexity index is 2850. The van der Waals surface area contributed by atoms with Crippen molar-refractivity contribution in [2.45, 2.75) is 17.4 Å². The average Bonchev–Trinajstić information content (AvgIpc) is 3.60. The first-order valence-corrected chi connectivity index (χ1v) is 19.0. The summed E-state index contributed by atoms with van der Waals surface area (Å²) in [5.74, 6) is 1.80. The molecule has 55 heavy (non-hydrogen) atoms. The normalized spacial score (nSPS) is 15.7. The first-order valence-electron chi connectivity index (χ1n) is 19.0. The maximum Gasteiger partial charge on any atom is 0.140 e. The highest BCUT2D eigenvalue weighted by Crippen LogP contribution is 2.61. The lowest BCUT2D eigenvalue weighted by Gasteiger charge is -2.45. The molecule has 2 atom stereocenters. The highest BCUT2D eigenvalue weighted by atomic mass is 16.5. The van der Waals surface area contributed by atoms with Gasteiger partial charge in [0.15, 0.2) is 0 Å². The van der Waals surface area contributed by atoms with Crippen LogP contribution in [0.15, 0.2) is 194 Å². The molecule has 0 N–H and O–H groups in total.